The van der Waals surface area contributed by atoms with Crippen molar-refractivity contribution in [2.75, 3.05) is 39.3 Å². The molecule has 152 valence electrons. The SMILES string of the molecule is CCCC[C@H](CC)CNC(=O)C[NH+]1CCN(S(=O)(=O)c2ccccc2)CC1. The summed E-state index contributed by atoms with van der Waals surface area (Å²) in [5.41, 5.74) is 0. The van der Waals surface area contributed by atoms with E-state index in [0.717, 1.165) is 24.3 Å². The van der Waals surface area contributed by atoms with Gasteiger partial charge in [0.25, 0.3) is 5.91 Å². The number of carbonyl (C=O) groups is 1. The molecule has 6 nitrogen and oxygen atoms in total. The molecule has 1 heterocycles. The Morgan fingerprint density at radius 3 is 2.44 bits per heavy atom. The van der Waals surface area contributed by atoms with Crippen LogP contribution in [-0.2, 0) is 14.8 Å². The van der Waals surface area contributed by atoms with Crippen LogP contribution in [-0.4, -0.2) is 57.9 Å². The van der Waals surface area contributed by atoms with Crippen molar-refractivity contribution in [2.24, 2.45) is 5.92 Å². The molecule has 1 aromatic carbocycles. The Morgan fingerprint density at radius 2 is 1.85 bits per heavy atom. The standard InChI is InChI=1S/C20H33N3O3S/c1-3-5-9-18(4-2)16-21-20(24)17-22-12-14-23(15-13-22)27(25,26)19-10-7-6-8-11-19/h6-8,10-11,18H,3-5,9,12-17H2,1-2H3,(H,21,24)/p+1/t18-/m0/s1. The van der Waals surface area contributed by atoms with Gasteiger partial charge in [-0.1, -0.05) is 51.3 Å². The summed E-state index contributed by atoms with van der Waals surface area (Å²) >= 11 is 0. The van der Waals surface area contributed by atoms with Gasteiger partial charge in [0.1, 0.15) is 0 Å². The van der Waals surface area contributed by atoms with E-state index in [1.807, 2.05) is 6.07 Å². The van der Waals surface area contributed by atoms with Crippen LogP contribution in [0.1, 0.15) is 39.5 Å². The number of rotatable bonds is 10. The number of unbranched alkanes of at least 4 members (excludes halogenated alkanes) is 1. The van der Waals surface area contributed by atoms with Crippen LogP contribution in [0.2, 0.25) is 0 Å². The van der Waals surface area contributed by atoms with Crippen molar-refractivity contribution in [2.45, 2.75) is 44.4 Å². The summed E-state index contributed by atoms with van der Waals surface area (Å²) < 4.78 is 26.8. The first-order chi connectivity index (χ1) is 13.0. The van der Waals surface area contributed by atoms with Crippen molar-refractivity contribution in [1.29, 1.82) is 0 Å². The topological polar surface area (TPSA) is 70.9 Å². The van der Waals surface area contributed by atoms with Gasteiger partial charge in [0.15, 0.2) is 6.54 Å². The van der Waals surface area contributed by atoms with Gasteiger partial charge < -0.3 is 10.2 Å². The summed E-state index contributed by atoms with van der Waals surface area (Å²) in [5, 5.41) is 3.07. The molecule has 2 N–H and O–H groups in total. The van der Waals surface area contributed by atoms with Crippen molar-refractivity contribution in [1.82, 2.24) is 9.62 Å². The van der Waals surface area contributed by atoms with Crippen molar-refractivity contribution in [3.05, 3.63) is 30.3 Å². The minimum absolute atomic E-state index is 0.0688. The molecule has 0 radical (unpaired) electrons. The highest BCUT2D eigenvalue weighted by Gasteiger charge is 2.30. The highest BCUT2D eigenvalue weighted by atomic mass is 32.2. The molecule has 27 heavy (non-hydrogen) atoms. The molecule has 1 aliphatic heterocycles. The molecule has 1 saturated heterocycles. The van der Waals surface area contributed by atoms with Crippen LogP contribution >= 0.6 is 0 Å². The first-order valence-electron chi connectivity index (χ1n) is 10.1. The quantitative estimate of drug-likeness (QED) is 0.618. The second-order valence-electron chi connectivity index (χ2n) is 7.36. The molecule has 0 spiro atoms. The Bertz CT molecular complexity index is 671. The number of amides is 1. The number of hydrogen-bond donors (Lipinski definition) is 2. The number of sulfonamides is 1. The summed E-state index contributed by atoms with van der Waals surface area (Å²) in [4.78, 5) is 13.7. The minimum atomic E-state index is -3.43. The van der Waals surface area contributed by atoms with Crippen molar-refractivity contribution >= 4 is 15.9 Å². The largest absolute Gasteiger partial charge is 0.351 e. The van der Waals surface area contributed by atoms with Gasteiger partial charge in [-0.05, 0) is 24.5 Å². The molecular formula is C20H34N3O3S+. The third-order valence-electron chi connectivity index (χ3n) is 5.35. The molecule has 1 fully saturated rings. The van der Waals surface area contributed by atoms with Gasteiger partial charge in [0.05, 0.1) is 31.1 Å². The van der Waals surface area contributed by atoms with Crippen LogP contribution in [0.25, 0.3) is 0 Å². The highest BCUT2D eigenvalue weighted by molar-refractivity contribution is 7.89. The molecule has 0 aliphatic carbocycles. The molecule has 0 unspecified atom stereocenters. The van der Waals surface area contributed by atoms with Gasteiger partial charge >= 0.3 is 0 Å². The molecule has 0 aromatic heterocycles. The maximum atomic E-state index is 12.7. The van der Waals surface area contributed by atoms with E-state index < -0.39 is 10.0 Å². The van der Waals surface area contributed by atoms with Crippen molar-refractivity contribution in [3.63, 3.8) is 0 Å². The predicted molar refractivity (Wildman–Crippen MR) is 107 cm³/mol. The Balaban J connectivity index is 1.76. The van der Waals surface area contributed by atoms with Gasteiger partial charge in [-0.2, -0.15) is 4.31 Å². The number of carbonyl (C=O) groups excluding carboxylic acids is 1. The fraction of sp³-hybridized carbons (Fsp3) is 0.650. The summed E-state index contributed by atoms with van der Waals surface area (Å²) in [7, 11) is -3.43. The fourth-order valence-corrected chi connectivity index (χ4v) is 4.91. The molecule has 0 saturated carbocycles. The third-order valence-corrected chi connectivity index (χ3v) is 7.27. The summed E-state index contributed by atoms with van der Waals surface area (Å²) in [5.74, 6) is 0.621. The van der Waals surface area contributed by atoms with Crippen LogP contribution in [0.4, 0.5) is 0 Å². The average molecular weight is 397 g/mol. The second kappa shape index (κ2) is 10.8. The first-order valence-corrected chi connectivity index (χ1v) is 11.6. The van der Waals surface area contributed by atoms with E-state index in [0.29, 0.717) is 43.5 Å². The van der Waals surface area contributed by atoms with E-state index >= 15 is 0 Å². The zero-order chi connectivity index (χ0) is 19.7. The lowest BCUT2D eigenvalue weighted by atomic mass is 9.99. The Morgan fingerprint density at radius 1 is 1.19 bits per heavy atom. The van der Waals surface area contributed by atoms with E-state index in [9.17, 15) is 13.2 Å². The number of piperazine rings is 1. The maximum Gasteiger partial charge on any atom is 0.275 e. The number of nitrogens with one attached hydrogen (secondary N) is 2. The Kier molecular flexibility index (Phi) is 8.73. The van der Waals surface area contributed by atoms with E-state index in [2.05, 4.69) is 19.2 Å². The third kappa shape index (κ3) is 6.59. The van der Waals surface area contributed by atoms with Gasteiger partial charge in [-0.15, -0.1) is 0 Å². The lowest BCUT2D eigenvalue weighted by Crippen LogP contribution is -3.15. The molecule has 1 atom stereocenters. The van der Waals surface area contributed by atoms with Gasteiger partial charge in [0, 0.05) is 6.54 Å². The van der Waals surface area contributed by atoms with Crippen LogP contribution in [0.3, 0.4) is 0 Å². The molecule has 2 rings (SSSR count). The zero-order valence-corrected chi connectivity index (χ0v) is 17.4. The maximum absolute atomic E-state index is 12.7. The van der Waals surface area contributed by atoms with Crippen LogP contribution in [0.5, 0.6) is 0 Å². The predicted octanol–water partition coefficient (Wildman–Crippen LogP) is 0.908. The minimum Gasteiger partial charge on any atom is -0.351 e. The number of nitrogens with zero attached hydrogens (tertiary/aromatic N) is 1. The van der Waals surface area contributed by atoms with Crippen molar-refractivity contribution in [3.8, 4) is 0 Å². The van der Waals surface area contributed by atoms with E-state index in [1.165, 1.54) is 17.1 Å². The summed E-state index contributed by atoms with van der Waals surface area (Å²) in [6, 6.07) is 8.55. The van der Waals surface area contributed by atoms with Gasteiger partial charge in [0.2, 0.25) is 10.0 Å². The van der Waals surface area contributed by atoms with E-state index in [1.54, 1.807) is 24.3 Å². The molecular weight excluding hydrogens is 362 g/mol. The summed E-state index contributed by atoms with van der Waals surface area (Å²) in [6.07, 6.45) is 4.64. The number of hydrogen-bond acceptors (Lipinski definition) is 3. The van der Waals surface area contributed by atoms with Gasteiger partial charge in [-0.25, -0.2) is 8.42 Å². The zero-order valence-electron chi connectivity index (χ0n) is 16.6. The molecule has 1 amide bonds. The average Bonchev–Trinajstić information content (AvgIpc) is 2.69. The molecule has 7 heteroatoms. The van der Waals surface area contributed by atoms with Crippen LogP contribution in [0.15, 0.2) is 35.2 Å². The molecule has 0 bridgehead atoms. The lowest BCUT2D eigenvalue weighted by molar-refractivity contribution is -0.895. The Hall–Kier alpha value is -1.44. The highest BCUT2D eigenvalue weighted by Crippen LogP contribution is 2.14. The Labute approximate surface area is 164 Å². The number of benzene rings is 1. The summed E-state index contributed by atoms with van der Waals surface area (Å²) in [6.45, 7) is 7.75. The fourth-order valence-electron chi connectivity index (χ4n) is 3.45. The monoisotopic (exact) mass is 396 g/mol. The van der Waals surface area contributed by atoms with Crippen LogP contribution in [0, 0.1) is 5.92 Å². The van der Waals surface area contributed by atoms with Gasteiger partial charge in [-0.3, -0.25) is 4.79 Å². The second-order valence-corrected chi connectivity index (χ2v) is 9.30. The van der Waals surface area contributed by atoms with Crippen LogP contribution < -0.4 is 10.2 Å². The molecule has 1 aromatic rings. The van der Waals surface area contributed by atoms with E-state index in [-0.39, 0.29) is 5.91 Å². The molecule has 1 aliphatic rings. The lowest BCUT2D eigenvalue weighted by Gasteiger charge is -2.31. The number of quaternary nitrogens is 1. The first kappa shape index (κ1) is 21.9. The smallest absolute Gasteiger partial charge is 0.275 e. The van der Waals surface area contributed by atoms with Crippen molar-refractivity contribution < 1.29 is 18.1 Å². The van der Waals surface area contributed by atoms with E-state index in [4.69, 9.17) is 0 Å². The normalized spacial score (nSPS) is 17.6.